The van der Waals surface area contributed by atoms with E-state index in [1.165, 1.54) is 23.1 Å². The third kappa shape index (κ3) is 3.27. The quantitative estimate of drug-likeness (QED) is 0.797. The van der Waals surface area contributed by atoms with Crippen LogP contribution in [0.15, 0.2) is 22.1 Å². The standard InChI is InChI=1S/C11H13N3O3S2/c1-2-5-14-10(17)12-13-11(14)18-6-7-3-4-8(19-7)9(15)16/h3-4H,2,5-6H2,1H3,(H,12,17)(H,15,16). The fourth-order valence-corrected chi connectivity index (χ4v) is 3.40. The highest BCUT2D eigenvalue weighted by Gasteiger charge is 2.11. The van der Waals surface area contributed by atoms with Gasteiger partial charge in [-0.2, -0.15) is 0 Å². The van der Waals surface area contributed by atoms with Gasteiger partial charge in [0, 0.05) is 17.2 Å². The molecule has 0 fully saturated rings. The molecule has 0 bridgehead atoms. The van der Waals surface area contributed by atoms with Gasteiger partial charge in [0.2, 0.25) is 0 Å². The second-order valence-corrected chi connectivity index (χ2v) is 5.93. The maximum absolute atomic E-state index is 11.5. The molecule has 0 radical (unpaired) electrons. The van der Waals surface area contributed by atoms with Gasteiger partial charge in [0.25, 0.3) is 0 Å². The molecule has 2 N–H and O–H groups in total. The summed E-state index contributed by atoms with van der Waals surface area (Å²) >= 11 is 2.66. The van der Waals surface area contributed by atoms with Gasteiger partial charge in [0.15, 0.2) is 5.16 Å². The summed E-state index contributed by atoms with van der Waals surface area (Å²) in [7, 11) is 0. The van der Waals surface area contributed by atoms with Crippen molar-refractivity contribution >= 4 is 29.1 Å². The lowest BCUT2D eigenvalue weighted by molar-refractivity contribution is 0.0702. The average molecular weight is 299 g/mol. The predicted octanol–water partition coefficient (Wildman–Crippen LogP) is 2.03. The lowest BCUT2D eigenvalue weighted by Gasteiger charge is -2.02. The molecule has 0 atom stereocenters. The summed E-state index contributed by atoms with van der Waals surface area (Å²) in [5.41, 5.74) is -0.207. The van der Waals surface area contributed by atoms with E-state index in [9.17, 15) is 9.59 Å². The smallest absolute Gasteiger partial charge is 0.345 e. The van der Waals surface area contributed by atoms with Crippen LogP contribution in [0.5, 0.6) is 0 Å². The molecular formula is C11H13N3O3S2. The Morgan fingerprint density at radius 3 is 3.00 bits per heavy atom. The van der Waals surface area contributed by atoms with Gasteiger partial charge in [0.05, 0.1) is 0 Å². The van der Waals surface area contributed by atoms with Crippen molar-refractivity contribution in [2.24, 2.45) is 0 Å². The largest absolute Gasteiger partial charge is 0.477 e. The SMILES string of the molecule is CCCn1c(SCc2ccc(C(=O)O)s2)n[nH]c1=O. The Balaban J connectivity index is 2.05. The van der Waals surface area contributed by atoms with E-state index in [0.717, 1.165) is 11.3 Å². The van der Waals surface area contributed by atoms with Crippen LogP contribution < -0.4 is 5.69 Å². The fourth-order valence-electron chi connectivity index (χ4n) is 1.54. The fraction of sp³-hybridized carbons (Fsp3) is 0.364. The summed E-state index contributed by atoms with van der Waals surface area (Å²) in [6.07, 6.45) is 0.856. The Morgan fingerprint density at radius 1 is 1.58 bits per heavy atom. The maximum atomic E-state index is 11.5. The summed E-state index contributed by atoms with van der Waals surface area (Å²) in [6.45, 7) is 2.62. The second kappa shape index (κ2) is 6.07. The molecular weight excluding hydrogens is 286 g/mol. The van der Waals surface area contributed by atoms with Crippen LogP contribution in [0.3, 0.4) is 0 Å². The Hall–Kier alpha value is -1.54. The first-order chi connectivity index (χ1) is 9.11. The Kier molecular flexibility index (Phi) is 4.43. The van der Waals surface area contributed by atoms with E-state index in [-0.39, 0.29) is 5.69 Å². The van der Waals surface area contributed by atoms with Gasteiger partial charge in [-0.3, -0.25) is 4.57 Å². The minimum atomic E-state index is -0.913. The van der Waals surface area contributed by atoms with E-state index in [4.69, 9.17) is 5.11 Å². The van der Waals surface area contributed by atoms with Gasteiger partial charge in [0.1, 0.15) is 4.88 Å². The highest BCUT2D eigenvalue weighted by atomic mass is 32.2. The monoisotopic (exact) mass is 299 g/mol. The van der Waals surface area contributed by atoms with Crippen molar-refractivity contribution in [2.45, 2.75) is 30.8 Å². The van der Waals surface area contributed by atoms with Crippen molar-refractivity contribution in [3.63, 3.8) is 0 Å². The number of carbonyl (C=O) groups is 1. The van der Waals surface area contributed by atoms with Crippen molar-refractivity contribution in [2.75, 3.05) is 0 Å². The number of hydrogen-bond acceptors (Lipinski definition) is 5. The normalized spacial score (nSPS) is 10.8. The van der Waals surface area contributed by atoms with Crippen molar-refractivity contribution in [1.82, 2.24) is 14.8 Å². The second-order valence-electron chi connectivity index (χ2n) is 3.82. The number of aromatic nitrogens is 3. The molecule has 0 aromatic carbocycles. The number of nitrogens with zero attached hydrogens (tertiary/aromatic N) is 2. The van der Waals surface area contributed by atoms with Crippen LogP contribution in [-0.4, -0.2) is 25.8 Å². The maximum Gasteiger partial charge on any atom is 0.345 e. The van der Waals surface area contributed by atoms with Crippen LogP contribution in [0.2, 0.25) is 0 Å². The topological polar surface area (TPSA) is 88.0 Å². The van der Waals surface area contributed by atoms with Crippen molar-refractivity contribution in [3.05, 3.63) is 32.4 Å². The molecule has 0 aliphatic rings. The van der Waals surface area contributed by atoms with Gasteiger partial charge in [-0.05, 0) is 18.6 Å². The van der Waals surface area contributed by atoms with Crippen LogP contribution in [-0.2, 0) is 12.3 Å². The number of aromatic carboxylic acids is 1. The number of rotatable bonds is 6. The van der Waals surface area contributed by atoms with Gasteiger partial charge in [-0.25, -0.2) is 14.7 Å². The zero-order valence-corrected chi connectivity index (χ0v) is 11.9. The number of hydrogen-bond donors (Lipinski definition) is 2. The number of thiophene rings is 1. The first kappa shape index (κ1) is 13.9. The van der Waals surface area contributed by atoms with Gasteiger partial charge in [-0.15, -0.1) is 16.4 Å². The molecule has 2 heterocycles. The van der Waals surface area contributed by atoms with Crippen LogP contribution in [0.1, 0.15) is 27.9 Å². The van der Waals surface area contributed by atoms with E-state index in [1.807, 2.05) is 6.92 Å². The number of H-pyrrole nitrogens is 1. The van der Waals surface area contributed by atoms with Crippen LogP contribution >= 0.6 is 23.1 Å². The zero-order valence-electron chi connectivity index (χ0n) is 10.3. The van der Waals surface area contributed by atoms with Gasteiger partial charge in [-0.1, -0.05) is 18.7 Å². The van der Waals surface area contributed by atoms with E-state index in [0.29, 0.717) is 22.3 Å². The molecule has 0 saturated carbocycles. The molecule has 0 unspecified atom stereocenters. The summed E-state index contributed by atoms with van der Waals surface area (Å²) in [4.78, 5) is 23.5. The molecule has 19 heavy (non-hydrogen) atoms. The van der Waals surface area contributed by atoms with E-state index >= 15 is 0 Å². The molecule has 0 saturated heterocycles. The molecule has 6 nitrogen and oxygen atoms in total. The highest BCUT2D eigenvalue weighted by molar-refractivity contribution is 7.98. The van der Waals surface area contributed by atoms with Crippen LogP contribution in [0.4, 0.5) is 0 Å². The summed E-state index contributed by atoms with van der Waals surface area (Å²) in [5, 5.41) is 15.9. The van der Waals surface area contributed by atoms with Crippen molar-refractivity contribution < 1.29 is 9.90 Å². The zero-order chi connectivity index (χ0) is 13.8. The molecule has 102 valence electrons. The average Bonchev–Trinajstić information content (AvgIpc) is 2.96. The Labute approximate surface area is 117 Å². The lowest BCUT2D eigenvalue weighted by atomic mass is 10.4. The molecule has 2 rings (SSSR count). The minimum Gasteiger partial charge on any atom is -0.477 e. The van der Waals surface area contributed by atoms with E-state index in [2.05, 4.69) is 10.2 Å². The third-order valence-corrected chi connectivity index (χ3v) is 4.67. The Morgan fingerprint density at radius 2 is 2.37 bits per heavy atom. The van der Waals surface area contributed by atoms with Crippen LogP contribution in [0, 0.1) is 0 Å². The molecule has 2 aromatic heterocycles. The molecule has 2 aromatic rings. The number of aromatic amines is 1. The summed E-state index contributed by atoms with van der Waals surface area (Å²) in [5.74, 6) is -0.310. The van der Waals surface area contributed by atoms with Crippen molar-refractivity contribution in [1.29, 1.82) is 0 Å². The van der Waals surface area contributed by atoms with Crippen molar-refractivity contribution in [3.8, 4) is 0 Å². The minimum absolute atomic E-state index is 0.207. The molecule has 0 spiro atoms. The number of thioether (sulfide) groups is 1. The number of nitrogens with one attached hydrogen (secondary N) is 1. The molecule has 8 heteroatoms. The molecule has 0 amide bonds. The van der Waals surface area contributed by atoms with Gasteiger partial charge >= 0.3 is 11.7 Å². The number of carboxylic acids is 1. The van der Waals surface area contributed by atoms with E-state index < -0.39 is 5.97 Å². The van der Waals surface area contributed by atoms with E-state index in [1.54, 1.807) is 16.7 Å². The highest BCUT2D eigenvalue weighted by Crippen LogP contribution is 2.25. The third-order valence-electron chi connectivity index (χ3n) is 2.39. The van der Waals surface area contributed by atoms with Gasteiger partial charge < -0.3 is 5.11 Å². The predicted molar refractivity (Wildman–Crippen MR) is 74.0 cm³/mol. The molecule has 0 aliphatic heterocycles. The lowest BCUT2D eigenvalue weighted by Crippen LogP contribution is -2.17. The molecule has 0 aliphatic carbocycles. The summed E-state index contributed by atoms with van der Waals surface area (Å²) < 4.78 is 1.59. The first-order valence-corrected chi connectivity index (χ1v) is 7.52. The summed E-state index contributed by atoms with van der Waals surface area (Å²) in [6, 6.07) is 3.38. The number of carboxylic acid groups (broad SMARTS) is 1. The Bertz CT molecular complexity index is 629. The van der Waals surface area contributed by atoms with Crippen LogP contribution in [0.25, 0.3) is 0 Å². The first-order valence-electron chi connectivity index (χ1n) is 5.71.